The van der Waals surface area contributed by atoms with Gasteiger partial charge in [-0.3, -0.25) is 9.59 Å². The van der Waals surface area contributed by atoms with Crippen LogP contribution >= 0.6 is 11.3 Å². The zero-order valence-corrected chi connectivity index (χ0v) is 18.5. The molecular weight excluding hydrogens is 435 g/mol. The summed E-state index contributed by atoms with van der Waals surface area (Å²) in [6, 6.07) is 12.0. The first-order valence-electron chi connectivity index (χ1n) is 9.66. The van der Waals surface area contributed by atoms with E-state index in [1.54, 1.807) is 31.2 Å². The Bertz CT molecular complexity index is 1160. The highest BCUT2D eigenvalue weighted by Crippen LogP contribution is 2.34. The minimum absolute atomic E-state index is 0.0686. The summed E-state index contributed by atoms with van der Waals surface area (Å²) >= 11 is 0.932. The summed E-state index contributed by atoms with van der Waals surface area (Å²) in [5, 5.41) is 5.49. The van der Waals surface area contributed by atoms with Gasteiger partial charge in [0.25, 0.3) is 11.8 Å². The summed E-state index contributed by atoms with van der Waals surface area (Å²) in [6.45, 7) is 3.99. The molecule has 0 saturated carbocycles. The van der Waals surface area contributed by atoms with Gasteiger partial charge in [-0.2, -0.15) is 0 Å². The number of halogens is 1. The summed E-state index contributed by atoms with van der Waals surface area (Å²) in [5.41, 5.74) is 1.04. The Hall–Kier alpha value is -3.72. The second-order valence-corrected chi connectivity index (χ2v) is 7.65. The van der Waals surface area contributed by atoms with E-state index in [4.69, 9.17) is 9.47 Å². The van der Waals surface area contributed by atoms with Gasteiger partial charge in [0.2, 0.25) is 0 Å². The van der Waals surface area contributed by atoms with E-state index in [2.05, 4.69) is 10.6 Å². The Kier molecular flexibility index (Phi) is 7.21. The van der Waals surface area contributed by atoms with Gasteiger partial charge in [-0.15, -0.1) is 11.3 Å². The van der Waals surface area contributed by atoms with Crippen LogP contribution in [0.4, 0.5) is 15.1 Å². The third-order valence-electron chi connectivity index (χ3n) is 4.48. The standard InChI is InChI=1S/C23H21FN2O5S/c1-4-31-17-10-8-16(9-11-17)25-21(28)19-13(2)18(23(29)30-3)22(32-19)26-20(27)14-6-5-7-15(24)12-14/h5-12H,4H2,1-3H3,(H,25,28)(H,26,27). The molecule has 0 atom stereocenters. The van der Waals surface area contributed by atoms with Gasteiger partial charge in [0.15, 0.2) is 0 Å². The second-order valence-electron chi connectivity index (χ2n) is 6.63. The fraction of sp³-hybridized carbons (Fsp3) is 0.174. The number of hydrogen-bond acceptors (Lipinski definition) is 6. The number of methoxy groups -OCH3 is 1. The van der Waals surface area contributed by atoms with E-state index in [0.29, 0.717) is 23.6 Å². The molecule has 0 aliphatic rings. The van der Waals surface area contributed by atoms with Crippen molar-refractivity contribution in [2.24, 2.45) is 0 Å². The molecular formula is C23H21FN2O5S. The number of carbonyl (C=O) groups excluding carboxylic acids is 3. The zero-order chi connectivity index (χ0) is 23.3. The number of anilines is 2. The molecule has 7 nitrogen and oxygen atoms in total. The van der Waals surface area contributed by atoms with Crippen LogP contribution < -0.4 is 15.4 Å². The fourth-order valence-electron chi connectivity index (χ4n) is 2.96. The molecule has 3 aromatic rings. The lowest BCUT2D eigenvalue weighted by atomic mass is 10.1. The number of thiophene rings is 1. The minimum Gasteiger partial charge on any atom is -0.494 e. The van der Waals surface area contributed by atoms with Crippen LogP contribution in [-0.2, 0) is 4.74 Å². The van der Waals surface area contributed by atoms with Gasteiger partial charge in [0.1, 0.15) is 16.6 Å². The van der Waals surface area contributed by atoms with E-state index in [0.717, 1.165) is 17.4 Å². The number of hydrogen-bond donors (Lipinski definition) is 2. The normalized spacial score (nSPS) is 10.4. The van der Waals surface area contributed by atoms with Crippen LogP contribution in [-0.4, -0.2) is 31.5 Å². The average molecular weight is 456 g/mol. The van der Waals surface area contributed by atoms with Crippen molar-refractivity contribution >= 4 is 39.8 Å². The van der Waals surface area contributed by atoms with Gasteiger partial charge < -0.3 is 20.1 Å². The molecule has 3 rings (SSSR count). The average Bonchev–Trinajstić information content (AvgIpc) is 3.10. The van der Waals surface area contributed by atoms with Gasteiger partial charge in [-0.1, -0.05) is 6.07 Å². The van der Waals surface area contributed by atoms with Crippen LogP contribution in [0, 0.1) is 12.7 Å². The molecule has 1 aromatic heterocycles. The molecule has 0 aliphatic carbocycles. The minimum atomic E-state index is -0.701. The molecule has 0 fully saturated rings. The van der Waals surface area contributed by atoms with Crippen molar-refractivity contribution in [3.8, 4) is 5.75 Å². The van der Waals surface area contributed by atoms with Crippen molar-refractivity contribution < 1.29 is 28.2 Å². The largest absolute Gasteiger partial charge is 0.494 e. The predicted molar refractivity (Wildman–Crippen MR) is 120 cm³/mol. The summed E-state index contributed by atoms with van der Waals surface area (Å²) in [5.74, 6) is -1.66. The Morgan fingerprint density at radius 2 is 1.75 bits per heavy atom. The lowest BCUT2D eigenvalue weighted by Gasteiger charge is -2.07. The topological polar surface area (TPSA) is 93.7 Å². The maximum Gasteiger partial charge on any atom is 0.341 e. The molecule has 0 spiro atoms. The Morgan fingerprint density at radius 1 is 1.03 bits per heavy atom. The summed E-state index contributed by atoms with van der Waals surface area (Å²) in [4.78, 5) is 38.0. The highest BCUT2D eigenvalue weighted by atomic mass is 32.1. The number of carbonyl (C=O) groups is 3. The summed E-state index contributed by atoms with van der Waals surface area (Å²) in [7, 11) is 1.21. The highest BCUT2D eigenvalue weighted by Gasteiger charge is 2.26. The zero-order valence-electron chi connectivity index (χ0n) is 17.7. The smallest absolute Gasteiger partial charge is 0.341 e. The lowest BCUT2D eigenvalue weighted by Crippen LogP contribution is -2.14. The molecule has 166 valence electrons. The van der Waals surface area contributed by atoms with Crippen molar-refractivity contribution in [2.45, 2.75) is 13.8 Å². The van der Waals surface area contributed by atoms with Gasteiger partial charge in [-0.25, -0.2) is 9.18 Å². The maximum atomic E-state index is 13.5. The number of nitrogens with one attached hydrogen (secondary N) is 2. The van der Waals surface area contributed by atoms with E-state index >= 15 is 0 Å². The molecule has 0 saturated heterocycles. The first kappa shape index (κ1) is 23.0. The number of ether oxygens (including phenoxy) is 2. The molecule has 0 bridgehead atoms. The molecule has 2 amide bonds. The van der Waals surface area contributed by atoms with Crippen LogP contribution in [0.3, 0.4) is 0 Å². The number of esters is 1. The van der Waals surface area contributed by atoms with Crippen LogP contribution in [0.25, 0.3) is 0 Å². The lowest BCUT2D eigenvalue weighted by molar-refractivity contribution is 0.0601. The Balaban J connectivity index is 1.88. The number of amides is 2. The van der Waals surface area contributed by atoms with Crippen LogP contribution in [0.15, 0.2) is 48.5 Å². The number of benzene rings is 2. The van der Waals surface area contributed by atoms with Crippen molar-refractivity contribution in [2.75, 3.05) is 24.4 Å². The van der Waals surface area contributed by atoms with Crippen LogP contribution in [0.1, 0.15) is 42.9 Å². The van der Waals surface area contributed by atoms with Gasteiger partial charge >= 0.3 is 5.97 Å². The first-order valence-corrected chi connectivity index (χ1v) is 10.5. The van der Waals surface area contributed by atoms with Crippen molar-refractivity contribution in [1.82, 2.24) is 0 Å². The van der Waals surface area contributed by atoms with E-state index < -0.39 is 23.6 Å². The molecule has 2 N–H and O–H groups in total. The van der Waals surface area contributed by atoms with E-state index in [1.807, 2.05) is 6.92 Å². The van der Waals surface area contributed by atoms with Gasteiger partial charge in [-0.05, 0) is 61.9 Å². The maximum absolute atomic E-state index is 13.5. The van der Waals surface area contributed by atoms with Gasteiger partial charge in [0, 0.05) is 11.3 Å². The third kappa shape index (κ3) is 5.12. The van der Waals surface area contributed by atoms with E-state index in [1.165, 1.54) is 25.3 Å². The van der Waals surface area contributed by atoms with Crippen LogP contribution in [0.5, 0.6) is 5.75 Å². The molecule has 0 aliphatic heterocycles. The van der Waals surface area contributed by atoms with Crippen molar-refractivity contribution in [3.63, 3.8) is 0 Å². The molecule has 2 aromatic carbocycles. The first-order chi connectivity index (χ1) is 15.3. The third-order valence-corrected chi connectivity index (χ3v) is 5.69. The Morgan fingerprint density at radius 3 is 2.38 bits per heavy atom. The second kappa shape index (κ2) is 10.1. The SMILES string of the molecule is CCOc1ccc(NC(=O)c2sc(NC(=O)c3cccc(F)c3)c(C(=O)OC)c2C)cc1. The summed E-state index contributed by atoms with van der Waals surface area (Å²) in [6.07, 6.45) is 0. The number of rotatable bonds is 7. The predicted octanol–water partition coefficient (Wildman–Crippen LogP) is 4.89. The van der Waals surface area contributed by atoms with E-state index in [-0.39, 0.29) is 21.0 Å². The molecule has 9 heteroatoms. The molecule has 0 unspecified atom stereocenters. The Labute approximate surface area is 188 Å². The monoisotopic (exact) mass is 456 g/mol. The molecule has 32 heavy (non-hydrogen) atoms. The van der Waals surface area contributed by atoms with Gasteiger partial charge in [0.05, 0.1) is 24.2 Å². The van der Waals surface area contributed by atoms with Crippen molar-refractivity contribution in [3.05, 3.63) is 75.9 Å². The van der Waals surface area contributed by atoms with E-state index in [9.17, 15) is 18.8 Å². The fourth-order valence-corrected chi connectivity index (χ4v) is 4.05. The quantitative estimate of drug-likeness (QED) is 0.494. The van der Waals surface area contributed by atoms with Crippen molar-refractivity contribution in [1.29, 1.82) is 0 Å². The van der Waals surface area contributed by atoms with Crippen LogP contribution in [0.2, 0.25) is 0 Å². The molecule has 0 radical (unpaired) electrons. The summed E-state index contributed by atoms with van der Waals surface area (Å²) < 4.78 is 23.7. The highest BCUT2D eigenvalue weighted by molar-refractivity contribution is 7.19. The molecule has 1 heterocycles.